The van der Waals surface area contributed by atoms with Gasteiger partial charge in [-0.15, -0.1) is 0 Å². The largest absolute Gasteiger partial charge is 0.491 e. The molecule has 0 unspecified atom stereocenters. The third-order valence-corrected chi connectivity index (χ3v) is 10.3. The molecule has 5 rings (SSSR count). The molecule has 1 N–H and O–H groups in total. The normalized spacial score (nSPS) is 13.3. The first-order valence-corrected chi connectivity index (χ1v) is 19.3. The lowest BCUT2D eigenvalue weighted by molar-refractivity contribution is -0.112. The minimum atomic E-state index is -3.62. The predicted octanol–water partition coefficient (Wildman–Crippen LogP) is 8.19. The van der Waals surface area contributed by atoms with Crippen molar-refractivity contribution in [1.82, 2.24) is 9.55 Å². The minimum Gasteiger partial charge on any atom is -0.491 e. The Labute approximate surface area is 297 Å². The predicted molar refractivity (Wildman–Crippen MR) is 201 cm³/mol. The first kappa shape index (κ1) is 36.9. The molecule has 10 heteroatoms. The molecule has 3 aromatic carbocycles. The molecule has 50 heavy (non-hydrogen) atoms. The van der Waals surface area contributed by atoms with Crippen molar-refractivity contribution in [3.05, 3.63) is 96.1 Å². The van der Waals surface area contributed by atoms with E-state index in [0.29, 0.717) is 49.2 Å². The van der Waals surface area contributed by atoms with E-state index < -0.39 is 9.84 Å². The zero-order valence-electron chi connectivity index (χ0n) is 29.9. The molecule has 1 aromatic heterocycles. The van der Waals surface area contributed by atoms with E-state index in [1.165, 1.54) is 0 Å². The number of rotatable bonds is 16. The van der Waals surface area contributed by atoms with Crippen molar-refractivity contribution in [2.75, 3.05) is 43.1 Å². The van der Waals surface area contributed by atoms with E-state index in [1.807, 2.05) is 36.6 Å². The number of amides is 1. The first-order valence-electron chi connectivity index (χ1n) is 17.6. The smallest absolute Gasteiger partial charge is 0.251 e. The number of unbranched alkanes of at least 4 members (excludes halogenated alkanes) is 1. The van der Waals surface area contributed by atoms with Crippen LogP contribution in [0.2, 0.25) is 0 Å². The van der Waals surface area contributed by atoms with Crippen LogP contribution < -0.4 is 15.0 Å². The maximum atomic E-state index is 13.7. The van der Waals surface area contributed by atoms with Crippen LogP contribution in [0.5, 0.6) is 5.75 Å². The van der Waals surface area contributed by atoms with Gasteiger partial charge in [-0.3, -0.25) is 4.79 Å². The number of fused-ring (bicyclic) bond motifs is 1. The number of aromatic nitrogens is 2. The summed E-state index contributed by atoms with van der Waals surface area (Å²) >= 11 is 0. The SMILES string of the molecule is CCCCOCCOc1ccc(-c2ccc3c(c2)C=C(C(=O)Nc2ccc(S(=O)(=O)Cc4nccn4C(C)C)cc2)CCN3CC(C)C)cc1. The van der Waals surface area contributed by atoms with Crippen molar-refractivity contribution in [2.45, 2.75) is 70.6 Å². The summed E-state index contributed by atoms with van der Waals surface area (Å²) in [5, 5.41) is 3.00. The fourth-order valence-corrected chi connectivity index (χ4v) is 7.31. The number of nitrogens with zero attached hydrogens (tertiary/aromatic N) is 3. The van der Waals surface area contributed by atoms with Crippen molar-refractivity contribution in [1.29, 1.82) is 0 Å². The molecule has 4 aromatic rings. The van der Waals surface area contributed by atoms with Crippen LogP contribution >= 0.6 is 0 Å². The van der Waals surface area contributed by atoms with E-state index >= 15 is 0 Å². The second-order valence-electron chi connectivity index (χ2n) is 13.5. The van der Waals surface area contributed by atoms with E-state index in [0.717, 1.165) is 54.1 Å². The van der Waals surface area contributed by atoms with Crippen LogP contribution in [0.3, 0.4) is 0 Å². The maximum Gasteiger partial charge on any atom is 0.251 e. The summed E-state index contributed by atoms with van der Waals surface area (Å²) in [5.74, 6) is 1.34. The van der Waals surface area contributed by atoms with Crippen LogP contribution in [0, 0.1) is 5.92 Å². The van der Waals surface area contributed by atoms with Gasteiger partial charge in [0.05, 0.1) is 11.5 Å². The van der Waals surface area contributed by atoms with Crippen LogP contribution in [0.4, 0.5) is 11.4 Å². The van der Waals surface area contributed by atoms with Gasteiger partial charge in [-0.1, -0.05) is 45.4 Å². The van der Waals surface area contributed by atoms with Crippen LogP contribution in [0.1, 0.15) is 71.3 Å². The molecule has 0 saturated heterocycles. The first-order chi connectivity index (χ1) is 24.0. The van der Waals surface area contributed by atoms with E-state index in [-0.39, 0.29) is 22.6 Å². The van der Waals surface area contributed by atoms with Gasteiger partial charge in [-0.2, -0.15) is 0 Å². The number of imidazole rings is 1. The topological polar surface area (TPSA) is 103 Å². The number of ether oxygens (including phenoxy) is 2. The van der Waals surface area contributed by atoms with E-state index in [2.05, 4.69) is 66.3 Å². The molecule has 0 saturated carbocycles. The molecule has 1 aliphatic rings. The van der Waals surface area contributed by atoms with Gasteiger partial charge in [0.2, 0.25) is 0 Å². The number of nitrogens with one attached hydrogen (secondary N) is 1. The van der Waals surface area contributed by atoms with Gasteiger partial charge in [-0.25, -0.2) is 13.4 Å². The molecule has 0 atom stereocenters. The Morgan fingerprint density at radius 1 is 0.940 bits per heavy atom. The number of carbonyl (C=O) groups is 1. The Morgan fingerprint density at radius 3 is 2.38 bits per heavy atom. The lowest BCUT2D eigenvalue weighted by Gasteiger charge is -2.27. The van der Waals surface area contributed by atoms with Crippen molar-refractivity contribution in [3.63, 3.8) is 0 Å². The van der Waals surface area contributed by atoms with Crippen LogP contribution in [-0.2, 0) is 25.1 Å². The van der Waals surface area contributed by atoms with Crippen molar-refractivity contribution in [3.8, 4) is 16.9 Å². The quantitative estimate of drug-likeness (QED) is 0.118. The summed E-state index contributed by atoms with van der Waals surface area (Å²) in [6, 6.07) is 20.9. The molecule has 0 fully saturated rings. The fraction of sp³-hybridized carbons (Fsp3) is 0.400. The summed E-state index contributed by atoms with van der Waals surface area (Å²) in [7, 11) is -3.62. The standard InChI is InChI=1S/C40H50N4O5S/c1-6-7-22-48-23-24-49-36-13-8-31(9-14-36)32-10-17-38-34(25-32)26-33(18-20-43(38)27-29(2)3)40(45)42-35-11-15-37(16-12-35)50(46,47)28-39-41-19-21-44(39)30(4)5/h8-17,19,21,25-26,29-30H,6-7,18,20,22-24,27-28H2,1-5H3,(H,42,45). The van der Waals surface area contributed by atoms with Crippen molar-refractivity contribution < 1.29 is 22.7 Å². The molecule has 0 radical (unpaired) electrons. The summed E-state index contributed by atoms with van der Waals surface area (Å²) in [6.45, 7) is 13.9. The Hall–Kier alpha value is -4.41. The highest BCUT2D eigenvalue weighted by Crippen LogP contribution is 2.34. The van der Waals surface area contributed by atoms with E-state index in [4.69, 9.17) is 9.47 Å². The van der Waals surface area contributed by atoms with Crippen LogP contribution in [0.25, 0.3) is 17.2 Å². The Balaban J connectivity index is 1.30. The summed E-state index contributed by atoms with van der Waals surface area (Å²) < 4.78 is 39.7. The highest BCUT2D eigenvalue weighted by Gasteiger charge is 2.22. The molecule has 0 spiro atoms. The molecule has 1 amide bonds. The third-order valence-electron chi connectivity index (χ3n) is 8.65. The van der Waals surface area contributed by atoms with Crippen molar-refractivity contribution >= 4 is 33.2 Å². The average molecular weight is 699 g/mol. The Kier molecular flexibility index (Phi) is 12.5. The molecule has 2 heterocycles. The second kappa shape index (κ2) is 17.0. The summed E-state index contributed by atoms with van der Waals surface area (Å²) in [6.07, 6.45) is 8.14. The number of hydrogen-bond acceptors (Lipinski definition) is 7. The highest BCUT2D eigenvalue weighted by atomic mass is 32.2. The summed E-state index contributed by atoms with van der Waals surface area (Å²) in [4.78, 5) is 20.4. The van der Waals surface area contributed by atoms with Gasteiger partial charge in [0, 0.05) is 55.1 Å². The van der Waals surface area contributed by atoms with E-state index in [9.17, 15) is 13.2 Å². The van der Waals surface area contributed by atoms with E-state index in [1.54, 1.807) is 36.7 Å². The molecule has 1 aliphatic heterocycles. The Bertz CT molecular complexity index is 1860. The number of benzene rings is 3. The summed E-state index contributed by atoms with van der Waals surface area (Å²) in [5.41, 5.74) is 5.38. The van der Waals surface area contributed by atoms with Gasteiger partial charge in [-0.05, 0) is 104 Å². The van der Waals surface area contributed by atoms with Gasteiger partial charge in [0.25, 0.3) is 5.91 Å². The van der Waals surface area contributed by atoms with Gasteiger partial charge >= 0.3 is 0 Å². The molecule has 9 nitrogen and oxygen atoms in total. The lowest BCUT2D eigenvalue weighted by Crippen LogP contribution is -2.29. The number of hydrogen-bond donors (Lipinski definition) is 1. The van der Waals surface area contributed by atoms with Crippen LogP contribution in [0.15, 0.2) is 89.6 Å². The molecular formula is C40H50N4O5S. The number of carbonyl (C=O) groups excluding carboxylic acids is 1. The zero-order valence-corrected chi connectivity index (χ0v) is 30.7. The second-order valence-corrected chi connectivity index (χ2v) is 15.4. The van der Waals surface area contributed by atoms with Gasteiger partial charge < -0.3 is 24.3 Å². The maximum absolute atomic E-state index is 13.7. The molecule has 266 valence electrons. The van der Waals surface area contributed by atoms with Crippen molar-refractivity contribution in [2.24, 2.45) is 5.92 Å². The average Bonchev–Trinajstić information content (AvgIpc) is 3.47. The minimum absolute atomic E-state index is 0.104. The molecule has 0 bridgehead atoms. The number of anilines is 2. The number of sulfone groups is 1. The lowest BCUT2D eigenvalue weighted by atomic mass is 10.00. The Morgan fingerprint density at radius 2 is 1.68 bits per heavy atom. The third kappa shape index (κ3) is 9.63. The van der Waals surface area contributed by atoms with Gasteiger partial charge in [0.1, 0.15) is 23.9 Å². The zero-order chi connectivity index (χ0) is 35.7. The molecular weight excluding hydrogens is 649 g/mol. The fourth-order valence-electron chi connectivity index (χ4n) is 6.03. The monoisotopic (exact) mass is 698 g/mol. The highest BCUT2D eigenvalue weighted by molar-refractivity contribution is 7.90. The molecule has 0 aliphatic carbocycles. The van der Waals surface area contributed by atoms with Crippen LogP contribution in [-0.4, -0.2) is 56.8 Å². The van der Waals surface area contributed by atoms with Gasteiger partial charge in [0.15, 0.2) is 9.84 Å².